The van der Waals surface area contributed by atoms with Gasteiger partial charge in [-0.2, -0.15) is 4.98 Å². The van der Waals surface area contributed by atoms with Crippen molar-refractivity contribution in [1.29, 1.82) is 0 Å². The zero-order chi connectivity index (χ0) is 11.5. The lowest BCUT2D eigenvalue weighted by Crippen LogP contribution is -2.39. The van der Waals surface area contributed by atoms with Crippen LogP contribution in [0.5, 0.6) is 5.88 Å². The Hall–Kier alpha value is -0.880. The Bertz CT molecular complexity index is 343. The number of ether oxygens (including phenoxy) is 1. The maximum Gasteiger partial charge on any atom is 0.232 e. The molecule has 84 valence electrons. The minimum atomic E-state index is -0.237. The summed E-state index contributed by atoms with van der Waals surface area (Å²) in [7, 11) is 1.56. The molecule has 0 saturated heterocycles. The third-order valence-corrected chi connectivity index (χ3v) is 2.41. The summed E-state index contributed by atoms with van der Waals surface area (Å²) in [5.74, 6) is 1.01. The Labute approximate surface area is 97.6 Å². The molecule has 0 bridgehead atoms. The number of aromatic nitrogens is 2. The summed E-state index contributed by atoms with van der Waals surface area (Å²) < 4.78 is 5.79. The molecule has 5 nitrogen and oxygen atoms in total. The van der Waals surface area contributed by atoms with Crippen molar-refractivity contribution in [2.75, 3.05) is 19.0 Å². The van der Waals surface area contributed by atoms with Crippen LogP contribution < -0.4 is 15.8 Å². The first-order valence-corrected chi connectivity index (χ1v) is 5.32. The van der Waals surface area contributed by atoms with Gasteiger partial charge in [0.15, 0.2) is 0 Å². The first-order valence-electron chi connectivity index (χ1n) is 4.53. The first-order chi connectivity index (χ1) is 6.98. The van der Waals surface area contributed by atoms with Gasteiger partial charge >= 0.3 is 0 Å². The molecular formula is C9H15BrN4O. The van der Waals surface area contributed by atoms with Crippen LogP contribution in [0.15, 0.2) is 10.7 Å². The molecule has 0 saturated carbocycles. The lowest BCUT2D eigenvalue weighted by atomic mass is 10.1. The minimum absolute atomic E-state index is 0.237. The number of rotatable bonds is 4. The van der Waals surface area contributed by atoms with E-state index in [0.29, 0.717) is 18.4 Å². The van der Waals surface area contributed by atoms with Crippen LogP contribution >= 0.6 is 15.9 Å². The van der Waals surface area contributed by atoms with Gasteiger partial charge in [-0.1, -0.05) is 0 Å². The van der Waals surface area contributed by atoms with E-state index in [1.165, 1.54) is 0 Å². The standard InChI is InChI=1S/C9H15BrN4O/c1-9(2,5-11)14-8-12-4-6(10)7(13-8)15-3/h4H,5,11H2,1-3H3,(H,12,13,14). The second kappa shape index (κ2) is 4.76. The SMILES string of the molecule is COc1nc(NC(C)(C)CN)ncc1Br. The largest absolute Gasteiger partial charge is 0.480 e. The fourth-order valence-electron chi connectivity index (χ4n) is 0.909. The van der Waals surface area contributed by atoms with E-state index in [0.717, 1.165) is 4.47 Å². The van der Waals surface area contributed by atoms with Crippen LogP contribution in [-0.2, 0) is 0 Å². The van der Waals surface area contributed by atoms with E-state index >= 15 is 0 Å². The normalized spacial score (nSPS) is 11.3. The predicted molar refractivity (Wildman–Crippen MR) is 63.0 cm³/mol. The zero-order valence-corrected chi connectivity index (χ0v) is 10.6. The van der Waals surface area contributed by atoms with Crippen molar-refractivity contribution in [2.45, 2.75) is 19.4 Å². The molecule has 3 N–H and O–H groups in total. The molecule has 0 aliphatic carbocycles. The molecule has 0 aliphatic heterocycles. The maximum absolute atomic E-state index is 5.60. The Morgan fingerprint density at radius 2 is 2.27 bits per heavy atom. The lowest BCUT2D eigenvalue weighted by Gasteiger charge is -2.24. The van der Waals surface area contributed by atoms with Crippen LogP contribution in [0.2, 0.25) is 0 Å². The van der Waals surface area contributed by atoms with Crippen molar-refractivity contribution < 1.29 is 4.74 Å². The Kier molecular flexibility index (Phi) is 3.87. The van der Waals surface area contributed by atoms with Gasteiger partial charge in [-0.3, -0.25) is 0 Å². The molecule has 1 rings (SSSR count). The molecule has 0 aliphatic rings. The van der Waals surface area contributed by atoms with Crippen LogP contribution in [0.4, 0.5) is 5.95 Å². The van der Waals surface area contributed by atoms with Gasteiger partial charge < -0.3 is 15.8 Å². The summed E-state index contributed by atoms with van der Waals surface area (Å²) in [6, 6.07) is 0. The van der Waals surface area contributed by atoms with Crippen molar-refractivity contribution >= 4 is 21.9 Å². The van der Waals surface area contributed by atoms with Crippen LogP contribution in [0.25, 0.3) is 0 Å². The van der Waals surface area contributed by atoms with Gasteiger partial charge in [0.2, 0.25) is 11.8 Å². The average molecular weight is 275 g/mol. The van der Waals surface area contributed by atoms with Crippen molar-refractivity contribution in [1.82, 2.24) is 9.97 Å². The first kappa shape index (κ1) is 12.2. The van der Waals surface area contributed by atoms with Gasteiger partial charge in [0, 0.05) is 12.1 Å². The molecule has 0 amide bonds. The van der Waals surface area contributed by atoms with Crippen molar-refractivity contribution in [3.63, 3.8) is 0 Å². The van der Waals surface area contributed by atoms with Crippen LogP contribution in [0.1, 0.15) is 13.8 Å². The molecular weight excluding hydrogens is 260 g/mol. The molecule has 1 aromatic rings. The Balaban J connectivity index is 2.87. The number of nitrogens with one attached hydrogen (secondary N) is 1. The number of anilines is 1. The molecule has 1 aromatic heterocycles. The molecule has 0 spiro atoms. The summed E-state index contributed by atoms with van der Waals surface area (Å²) >= 11 is 3.28. The van der Waals surface area contributed by atoms with E-state index in [-0.39, 0.29) is 5.54 Å². The van der Waals surface area contributed by atoms with Crippen molar-refractivity contribution in [3.8, 4) is 5.88 Å². The van der Waals surface area contributed by atoms with Gasteiger partial charge in [-0.25, -0.2) is 4.98 Å². The predicted octanol–water partition coefficient (Wildman–Crippen LogP) is 1.40. The summed E-state index contributed by atoms with van der Waals surface area (Å²) in [5, 5.41) is 3.12. The highest BCUT2D eigenvalue weighted by Crippen LogP contribution is 2.22. The van der Waals surface area contributed by atoms with Gasteiger partial charge in [0.1, 0.15) is 0 Å². The molecule has 0 fully saturated rings. The third-order valence-electron chi connectivity index (χ3n) is 1.87. The van der Waals surface area contributed by atoms with E-state index in [4.69, 9.17) is 10.5 Å². The number of hydrogen-bond acceptors (Lipinski definition) is 5. The van der Waals surface area contributed by atoms with Crippen LogP contribution in [0.3, 0.4) is 0 Å². The van der Waals surface area contributed by atoms with E-state index < -0.39 is 0 Å². The van der Waals surface area contributed by atoms with E-state index in [9.17, 15) is 0 Å². The molecule has 0 aromatic carbocycles. The maximum atomic E-state index is 5.60. The molecule has 0 atom stereocenters. The van der Waals surface area contributed by atoms with Crippen LogP contribution in [-0.4, -0.2) is 29.2 Å². The number of hydrogen-bond donors (Lipinski definition) is 2. The highest BCUT2D eigenvalue weighted by molar-refractivity contribution is 9.10. The van der Waals surface area contributed by atoms with Crippen molar-refractivity contribution in [2.24, 2.45) is 5.73 Å². The van der Waals surface area contributed by atoms with E-state index in [2.05, 4.69) is 31.2 Å². The summed E-state index contributed by atoms with van der Waals surface area (Å²) in [4.78, 5) is 8.29. The van der Waals surface area contributed by atoms with Crippen LogP contribution in [0, 0.1) is 0 Å². The Morgan fingerprint density at radius 3 is 2.80 bits per heavy atom. The molecule has 0 radical (unpaired) electrons. The van der Waals surface area contributed by atoms with E-state index in [1.54, 1.807) is 13.3 Å². The Morgan fingerprint density at radius 1 is 1.60 bits per heavy atom. The lowest BCUT2D eigenvalue weighted by molar-refractivity contribution is 0.394. The highest BCUT2D eigenvalue weighted by atomic mass is 79.9. The molecule has 15 heavy (non-hydrogen) atoms. The molecule has 1 heterocycles. The number of nitrogens with zero attached hydrogens (tertiary/aromatic N) is 2. The van der Waals surface area contributed by atoms with Gasteiger partial charge in [-0.15, -0.1) is 0 Å². The topological polar surface area (TPSA) is 73.1 Å². The minimum Gasteiger partial charge on any atom is -0.480 e. The number of halogens is 1. The fourth-order valence-corrected chi connectivity index (χ4v) is 1.26. The molecule has 0 unspecified atom stereocenters. The summed E-state index contributed by atoms with van der Waals surface area (Å²) in [6.07, 6.45) is 1.64. The zero-order valence-electron chi connectivity index (χ0n) is 9.04. The number of nitrogens with two attached hydrogens (primary N) is 1. The van der Waals surface area contributed by atoms with E-state index in [1.807, 2.05) is 13.8 Å². The second-order valence-electron chi connectivity index (χ2n) is 3.76. The second-order valence-corrected chi connectivity index (χ2v) is 4.62. The summed E-state index contributed by atoms with van der Waals surface area (Å²) in [5.41, 5.74) is 5.36. The van der Waals surface area contributed by atoms with Gasteiger partial charge in [-0.05, 0) is 29.8 Å². The summed E-state index contributed by atoms with van der Waals surface area (Å²) in [6.45, 7) is 4.45. The quantitative estimate of drug-likeness (QED) is 0.868. The van der Waals surface area contributed by atoms with Crippen molar-refractivity contribution in [3.05, 3.63) is 10.7 Å². The third kappa shape index (κ3) is 3.32. The molecule has 6 heteroatoms. The smallest absolute Gasteiger partial charge is 0.232 e. The fraction of sp³-hybridized carbons (Fsp3) is 0.556. The van der Waals surface area contributed by atoms with Gasteiger partial charge in [0.05, 0.1) is 17.8 Å². The average Bonchev–Trinajstić information content (AvgIpc) is 2.20. The highest BCUT2D eigenvalue weighted by Gasteiger charge is 2.17. The van der Waals surface area contributed by atoms with Gasteiger partial charge in [0.25, 0.3) is 0 Å². The monoisotopic (exact) mass is 274 g/mol. The number of methoxy groups -OCH3 is 1.